The lowest BCUT2D eigenvalue weighted by Crippen LogP contribution is -2.33. The van der Waals surface area contributed by atoms with Crippen molar-refractivity contribution in [1.29, 1.82) is 0 Å². The number of benzene rings is 1. The predicted molar refractivity (Wildman–Crippen MR) is 91.1 cm³/mol. The number of aryl methyl sites for hydroxylation is 2. The molecular weight excluding hydrogens is 320 g/mol. The number of halogens is 1. The minimum absolute atomic E-state index is 0.307. The Balaban J connectivity index is 1.90. The number of rotatable bonds is 5. The lowest BCUT2D eigenvalue weighted by molar-refractivity contribution is -0.127. The van der Waals surface area contributed by atoms with E-state index in [1.807, 2.05) is 26.0 Å². The molecule has 0 bridgehead atoms. The summed E-state index contributed by atoms with van der Waals surface area (Å²) in [5, 5.41) is 4.58. The number of amides is 1. The Bertz CT molecular complexity index is 697. The number of nitrogens with one attached hydrogen (secondary N) is 1. The molecule has 22 heavy (non-hydrogen) atoms. The summed E-state index contributed by atoms with van der Waals surface area (Å²) in [5.74, 6) is 0.323. The molecule has 1 unspecified atom stereocenters. The first-order valence-electron chi connectivity index (χ1n) is 6.78. The quantitative estimate of drug-likeness (QED) is 0.664. The van der Waals surface area contributed by atoms with Gasteiger partial charge in [-0.05, 0) is 56.7 Å². The number of carbonyl (C=O) groups is 1. The van der Waals surface area contributed by atoms with Gasteiger partial charge in [-0.1, -0.05) is 11.6 Å². The second kappa shape index (κ2) is 7.42. The van der Waals surface area contributed by atoms with E-state index in [9.17, 15) is 4.79 Å². The number of nitrogens with zero attached hydrogens (tertiary/aromatic N) is 1. The number of hydrogen-bond acceptors (Lipinski definition) is 4. The van der Waals surface area contributed by atoms with Gasteiger partial charge in [-0.3, -0.25) is 4.79 Å². The van der Waals surface area contributed by atoms with Crippen LogP contribution in [0.2, 0.25) is 5.02 Å². The monoisotopic (exact) mass is 336 g/mol. The zero-order chi connectivity index (χ0) is 16.1. The van der Waals surface area contributed by atoms with E-state index >= 15 is 0 Å². The van der Waals surface area contributed by atoms with Crippen LogP contribution in [0.15, 0.2) is 35.4 Å². The van der Waals surface area contributed by atoms with Gasteiger partial charge in [-0.2, -0.15) is 5.10 Å². The van der Waals surface area contributed by atoms with Gasteiger partial charge in [0.25, 0.3) is 5.91 Å². The molecule has 0 aliphatic carbocycles. The molecule has 0 spiro atoms. The van der Waals surface area contributed by atoms with Crippen LogP contribution in [0.4, 0.5) is 0 Å². The summed E-state index contributed by atoms with van der Waals surface area (Å²) in [5.41, 5.74) is 3.36. The van der Waals surface area contributed by atoms with Gasteiger partial charge >= 0.3 is 0 Å². The molecule has 1 atom stereocenters. The lowest BCUT2D eigenvalue weighted by atomic mass is 10.2. The molecule has 0 fully saturated rings. The fourth-order valence-electron chi connectivity index (χ4n) is 1.76. The molecule has 2 rings (SSSR count). The molecule has 1 amide bonds. The maximum Gasteiger partial charge on any atom is 0.280 e. The molecule has 0 aliphatic rings. The smallest absolute Gasteiger partial charge is 0.280 e. The summed E-state index contributed by atoms with van der Waals surface area (Å²) in [6.07, 6.45) is 0.970. The van der Waals surface area contributed by atoms with Crippen LogP contribution >= 0.6 is 22.9 Å². The number of hydrazone groups is 1. The van der Waals surface area contributed by atoms with Gasteiger partial charge in [-0.25, -0.2) is 5.43 Å². The van der Waals surface area contributed by atoms with Gasteiger partial charge in [0.15, 0.2) is 6.10 Å². The number of hydrogen-bond donors (Lipinski definition) is 1. The highest BCUT2D eigenvalue weighted by Gasteiger charge is 2.15. The normalized spacial score (nSPS) is 12.4. The van der Waals surface area contributed by atoms with Crippen molar-refractivity contribution in [2.75, 3.05) is 0 Å². The Hall–Kier alpha value is -1.85. The molecule has 0 aliphatic heterocycles. The summed E-state index contributed by atoms with van der Waals surface area (Å²) in [4.78, 5) is 14.1. The zero-order valence-corrected chi connectivity index (χ0v) is 14.2. The number of thiophene rings is 1. The van der Waals surface area contributed by atoms with E-state index in [1.165, 1.54) is 4.88 Å². The second-order valence-corrected chi connectivity index (χ2v) is 6.61. The Morgan fingerprint density at radius 3 is 2.77 bits per heavy atom. The first kappa shape index (κ1) is 16.5. The van der Waals surface area contributed by atoms with Crippen LogP contribution in [0.5, 0.6) is 5.75 Å². The van der Waals surface area contributed by atoms with Crippen molar-refractivity contribution < 1.29 is 9.53 Å². The van der Waals surface area contributed by atoms with Crippen LogP contribution in [0.3, 0.4) is 0 Å². The summed E-state index contributed by atoms with van der Waals surface area (Å²) < 4.78 is 5.63. The fourth-order valence-corrected chi connectivity index (χ4v) is 2.74. The van der Waals surface area contributed by atoms with Crippen molar-refractivity contribution in [1.82, 2.24) is 5.43 Å². The third-order valence-electron chi connectivity index (χ3n) is 2.94. The van der Waals surface area contributed by atoms with Crippen LogP contribution in [0, 0.1) is 13.8 Å². The highest BCUT2D eigenvalue weighted by atomic mass is 35.5. The molecule has 116 valence electrons. The first-order valence-corrected chi connectivity index (χ1v) is 7.97. The fraction of sp³-hybridized carbons (Fsp3) is 0.250. The largest absolute Gasteiger partial charge is 0.481 e. The molecule has 1 heterocycles. The van der Waals surface area contributed by atoms with E-state index in [2.05, 4.69) is 10.5 Å². The van der Waals surface area contributed by atoms with Crippen molar-refractivity contribution in [2.24, 2.45) is 5.10 Å². The van der Waals surface area contributed by atoms with Gasteiger partial charge in [0.2, 0.25) is 0 Å². The van der Waals surface area contributed by atoms with Crippen molar-refractivity contribution in [3.63, 3.8) is 0 Å². The molecule has 0 radical (unpaired) electrons. The third kappa shape index (κ3) is 4.58. The van der Waals surface area contributed by atoms with Gasteiger partial charge in [0.1, 0.15) is 5.75 Å². The van der Waals surface area contributed by atoms with Crippen molar-refractivity contribution in [3.05, 3.63) is 50.7 Å². The van der Waals surface area contributed by atoms with Crippen LogP contribution in [0.1, 0.15) is 22.2 Å². The van der Waals surface area contributed by atoms with E-state index in [1.54, 1.807) is 42.7 Å². The summed E-state index contributed by atoms with van der Waals surface area (Å²) in [7, 11) is 0. The number of carbonyl (C=O) groups excluding carboxylic acids is 1. The van der Waals surface area contributed by atoms with Gasteiger partial charge in [0, 0.05) is 14.8 Å². The molecule has 1 aromatic carbocycles. The third-order valence-corrected chi connectivity index (χ3v) is 4.11. The van der Waals surface area contributed by atoms with E-state index in [4.69, 9.17) is 16.3 Å². The maximum absolute atomic E-state index is 11.9. The van der Waals surface area contributed by atoms with Gasteiger partial charge in [0.05, 0.1) is 6.21 Å². The maximum atomic E-state index is 11.9. The first-order chi connectivity index (χ1) is 10.5. The lowest BCUT2D eigenvalue weighted by Gasteiger charge is -2.14. The predicted octanol–water partition coefficient (Wildman–Crippen LogP) is 3.94. The Morgan fingerprint density at radius 2 is 2.14 bits per heavy atom. The Labute approximate surface area is 138 Å². The van der Waals surface area contributed by atoms with Crippen LogP contribution in [-0.2, 0) is 4.79 Å². The second-order valence-electron chi connectivity index (χ2n) is 4.85. The average Bonchev–Trinajstić information content (AvgIpc) is 2.87. The highest BCUT2D eigenvalue weighted by Crippen LogP contribution is 2.22. The summed E-state index contributed by atoms with van der Waals surface area (Å²) in [6.45, 7) is 5.57. The zero-order valence-electron chi connectivity index (χ0n) is 12.6. The van der Waals surface area contributed by atoms with E-state index < -0.39 is 6.10 Å². The van der Waals surface area contributed by atoms with Crippen molar-refractivity contribution >= 4 is 35.1 Å². The molecule has 1 N–H and O–H groups in total. The van der Waals surface area contributed by atoms with Crippen LogP contribution in [0.25, 0.3) is 0 Å². The van der Waals surface area contributed by atoms with Gasteiger partial charge < -0.3 is 4.74 Å². The van der Waals surface area contributed by atoms with Crippen LogP contribution < -0.4 is 10.2 Å². The standard InChI is InChI=1S/C16H17ClN2O2S/c1-10-8-13(17)5-7-15(10)21-12(3)16(20)19-18-9-14-6-4-11(2)22-14/h4-9,12H,1-3H3,(H,19,20)/b18-9+. The topological polar surface area (TPSA) is 50.7 Å². The Morgan fingerprint density at radius 1 is 1.36 bits per heavy atom. The molecule has 0 saturated heterocycles. The van der Waals surface area contributed by atoms with E-state index in [0.717, 1.165) is 10.4 Å². The molecule has 6 heteroatoms. The van der Waals surface area contributed by atoms with E-state index in [-0.39, 0.29) is 5.91 Å². The Kier molecular flexibility index (Phi) is 5.57. The minimum Gasteiger partial charge on any atom is -0.481 e. The molecule has 2 aromatic rings. The molecular formula is C16H17ClN2O2S. The summed E-state index contributed by atoms with van der Waals surface area (Å²) >= 11 is 7.50. The van der Waals surface area contributed by atoms with Gasteiger partial charge in [-0.15, -0.1) is 11.3 Å². The summed E-state index contributed by atoms with van der Waals surface area (Å²) in [6, 6.07) is 9.22. The molecule has 0 saturated carbocycles. The minimum atomic E-state index is -0.651. The van der Waals surface area contributed by atoms with Crippen molar-refractivity contribution in [2.45, 2.75) is 26.9 Å². The molecule has 4 nitrogen and oxygen atoms in total. The molecule has 1 aromatic heterocycles. The van der Waals surface area contributed by atoms with E-state index in [0.29, 0.717) is 10.8 Å². The van der Waals surface area contributed by atoms with Crippen LogP contribution in [-0.4, -0.2) is 18.2 Å². The average molecular weight is 337 g/mol. The SMILES string of the molecule is Cc1ccc(/C=N/NC(=O)C(C)Oc2ccc(Cl)cc2C)s1. The van der Waals surface area contributed by atoms with Crippen molar-refractivity contribution in [3.8, 4) is 5.75 Å². The highest BCUT2D eigenvalue weighted by molar-refractivity contribution is 7.13. The number of ether oxygens (including phenoxy) is 1.